The van der Waals surface area contributed by atoms with Gasteiger partial charge in [0.25, 0.3) is 5.91 Å². The molecule has 116 valence electrons. The van der Waals surface area contributed by atoms with E-state index in [4.69, 9.17) is 9.84 Å². The largest absolute Gasteiger partial charge is 0.481 e. The Bertz CT molecular complexity index is 487. The zero-order valence-corrected chi connectivity index (χ0v) is 12.8. The standard InChI is InChI=1S/C16H23NO4/c1-4-5-9-14(16(19)20)17-15(18)12(3)21-13-8-6-7-11(2)10-13/h6-8,10,12,14H,4-5,9H2,1-3H3,(H,17,18)(H,19,20). The van der Waals surface area contributed by atoms with Crippen molar-refractivity contribution in [3.63, 3.8) is 0 Å². The average Bonchev–Trinajstić information content (AvgIpc) is 2.42. The SMILES string of the molecule is CCCCC(NC(=O)C(C)Oc1cccc(C)c1)C(=O)O. The van der Waals surface area contributed by atoms with Crippen LogP contribution in [0.25, 0.3) is 0 Å². The molecule has 0 aliphatic heterocycles. The van der Waals surface area contributed by atoms with Gasteiger partial charge in [-0.05, 0) is 38.0 Å². The van der Waals surface area contributed by atoms with Crippen LogP contribution in [-0.2, 0) is 9.59 Å². The summed E-state index contributed by atoms with van der Waals surface area (Å²) in [5.41, 5.74) is 1.03. The molecule has 5 nitrogen and oxygen atoms in total. The molecule has 0 heterocycles. The number of aliphatic carboxylic acids is 1. The molecule has 21 heavy (non-hydrogen) atoms. The first-order valence-corrected chi connectivity index (χ1v) is 7.20. The second kappa shape index (κ2) is 8.29. The van der Waals surface area contributed by atoms with Crippen molar-refractivity contribution in [2.45, 2.75) is 52.2 Å². The number of carbonyl (C=O) groups is 2. The first-order chi connectivity index (χ1) is 9.93. The number of hydrogen-bond donors (Lipinski definition) is 2. The molecule has 5 heteroatoms. The fourth-order valence-electron chi connectivity index (χ4n) is 1.90. The average molecular weight is 293 g/mol. The van der Waals surface area contributed by atoms with E-state index in [1.165, 1.54) is 0 Å². The van der Waals surface area contributed by atoms with E-state index in [0.717, 1.165) is 18.4 Å². The fraction of sp³-hybridized carbons (Fsp3) is 0.500. The van der Waals surface area contributed by atoms with Crippen LogP contribution in [0.15, 0.2) is 24.3 Å². The summed E-state index contributed by atoms with van der Waals surface area (Å²) >= 11 is 0. The van der Waals surface area contributed by atoms with Gasteiger partial charge in [0.15, 0.2) is 6.10 Å². The number of amides is 1. The van der Waals surface area contributed by atoms with Crippen molar-refractivity contribution >= 4 is 11.9 Å². The molecule has 0 saturated carbocycles. The van der Waals surface area contributed by atoms with Crippen LogP contribution in [-0.4, -0.2) is 29.1 Å². The van der Waals surface area contributed by atoms with E-state index in [1.54, 1.807) is 13.0 Å². The number of carboxylic acids is 1. The van der Waals surface area contributed by atoms with Gasteiger partial charge < -0.3 is 15.2 Å². The minimum absolute atomic E-state index is 0.417. The molecular weight excluding hydrogens is 270 g/mol. The number of nitrogens with one attached hydrogen (secondary N) is 1. The smallest absolute Gasteiger partial charge is 0.326 e. The van der Waals surface area contributed by atoms with Gasteiger partial charge in [-0.2, -0.15) is 0 Å². The predicted octanol–water partition coefficient (Wildman–Crippen LogP) is 2.52. The highest BCUT2D eigenvalue weighted by Crippen LogP contribution is 2.14. The molecule has 0 fully saturated rings. The molecule has 1 aromatic carbocycles. The number of hydrogen-bond acceptors (Lipinski definition) is 3. The number of benzene rings is 1. The predicted molar refractivity (Wildman–Crippen MR) is 80.4 cm³/mol. The molecule has 0 saturated heterocycles. The first-order valence-electron chi connectivity index (χ1n) is 7.20. The maximum atomic E-state index is 12.0. The van der Waals surface area contributed by atoms with Crippen molar-refractivity contribution < 1.29 is 19.4 Å². The van der Waals surface area contributed by atoms with Gasteiger partial charge in [0.1, 0.15) is 11.8 Å². The van der Waals surface area contributed by atoms with Crippen molar-refractivity contribution in [3.05, 3.63) is 29.8 Å². The molecule has 2 atom stereocenters. The second-order valence-electron chi connectivity index (χ2n) is 5.12. The van der Waals surface area contributed by atoms with Gasteiger partial charge in [0.05, 0.1) is 0 Å². The Morgan fingerprint density at radius 1 is 1.38 bits per heavy atom. The van der Waals surface area contributed by atoms with E-state index >= 15 is 0 Å². The van der Waals surface area contributed by atoms with E-state index < -0.39 is 24.0 Å². The van der Waals surface area contributed by atoms with E-state index in [-0.39, 0.29) is 0 Å². The summed E-state index contributed by atoms with van der Waals surface area (Å²) in [6.07, 6.45) is 1.32. The normalized spacial score (nSPS) is 13.3. The number of carboxylic acid groups (broad SMARTS) is 1. The number of rotatable bonds is 8. The minimum atomic E-state index is -1.01. The number of unbranched alkanes of at least 4 members (excludes halogenated alkanes) is 1. The van der Waals surface area contributed by atoms with Gasteiger partial charge in [-0.15, -0.1) is 0 Å². The van der Waals surface area contributed by atoms with Crippen LogP contribution >= 0.6 is 0 Å². The topological polar surface area (TPSA) is 75.6 Å². The Labute approximate surface area is 125 Å². The minimum Gasteiger partial charge on any atom is -0.481 e. The highest BCUT2D eigenvalue weighted by Gasteiger charge is 2.23. The van der Waals surface area contributed by atoms with E-state index in [0.29, 0.717) is 12.2 Å². The van der Waals surface area contributed by atoms with Crippen LogP contribution in [0.4, 0.5) is 0 Å². The molecule has 2 unspecified atom stereocenters. The molecule has 0 aliphatic carbocycles. The zero-order valence-electron chi connectivity index (χ0n) is 12.8. The van der Waals surface area contributed by atoms with Crippen molar-refractivity contribution in [2.24, 2.45) is 0 Å². The lowest BCUT2D eigenvalue weighted by atomic mass is 10.1. The maximum absolute atomic E-state index is 12.0. The molecule has 1 amide bonds. The van der Waals surface area contributed by atoms with E-state index in [9.17, 15) is 9.59 Å². The lowest BCUT2D eigenvalue weighted by Crippen LogP contribution is -2.46. The van der Waals surface area contributed by atoms with Crippen LogP contribution in [0.5, 0.6) is 5.75 Å². The van der Waals surface area contributed by atoms with Crippen molar-refractivity contribution in [2.75, 3.05) is 0 Å². The summed E-state index contributed by atoms with van der Waals surface area (Å²) in [4.78, 5) is 23.1. The molecular formula is C16H23NO4. The van der Waals surface area contributed by atoms with Crippen LogP contribution < -0.4 is 10.1 Å². The van der Waals surface area contributed by atoms with Gasteiger partial charge >= 0.3 is 5.97 Å². The fourth-order valence-corrected chi connectivity index (χ4v) is 1.90. The van der Waals surface area contributed by atoms with Gasteiger partial charge in [0.2, 0.25) is 0 Å². The third kappa shape index (κ3) is 5.85. The summed E-state index contributed by atoms with van der Waals surface area (Å²) in [6, 6.07) is 6.51. The molecule has 2 N–H and O–H groups in total. The first kappa shape index (κ1) is 17.0. The van der Waals surface area contributed by atoms with Crippen LogP contribution in [0.1, 0.15) is 38.7 Å². The lowest BCUT2D eigenvalue weighted by Gasteiger charge is -2.19. The monoisotopic (exact) mass is 293 g/mol. The summed E-state index contributed by atoms with van der Waals surface area (Å²) in [5, 5.41) is 11.6. The van der Waals surface area contributed by atoms with Crippen molar-refractivity contribution in [3.8, 4) is 5.75 Å². The number of ether oxygens (including phenoxy) is 1. The van der Waals surface area contributed by atoms with E-state index in [2.05, 4.69) is 5.32 Å². The van der Waals surface area contributed by atoms with Crippen molar-refractivity contribution in [1.29, 1.82) is 0 Å². The van der Waals surface area contributed by atoms with Crippen LogP contribution in [0.3, 0.4) is 0 Å². The Hall–Kier alpha value is -2.04. The third-order valence-electron chi connectivity index (χ3n) is 3.13. The summed E-state index contributed by atoms with van der Waals surface area (Å²) < 4.78 is 5.54. The van der Waals surface area contributed by atoms with Crippen LogP contribution in [0.2, 0.25) is 0 Å². The Morgan fingerprint density at radius 2 is 2.10 bits per heavy atom. The molecule has 0 spiro atoms. The van der Waals surface area contributed by atoms with Crippen LogP contribution in [0, 0.1) is 6.92 Å². The Balaban J connectivity index is 2.58. The van der Waals surface area contributed by atoms with Gasteiger partial charge in [-0.1, -0.05) is 31.9 Å². The molecule has 0 aliphatic rings. The zero-order chi connectivity index (χ0) is 15.8. The molecule has 1 rings (SSSR count). The molecule has 0 radical (unpaired) electrons. The third-order valence-corrected chi connectivity index (χ3v) is 3.13. The Kier molecular flexibility index (Phi) is 6.72. The second-order valence-corrected chi connectivity index (χ2v) is 5.12. The summed E-state index contributed by atoms with van der Waals surface area (Å²) in [6.45, 7) is 5.52. The highest BCUT2D eigenvalue weighted by molar-refractivity contribution is 5.86. The highest BCUT2D eigenvalue weighted by atomic mass is 16.5. The Morgan fingerprint density at radius 3 is 2.67 bits per heavy atom. The number of carbonyl (C=O) groups excluding carboxylic acids is 1. The van der Waals surface area contributed by atoms with Gasteiger partial charge in [-0.25, -0.2) is 4.79 Å². The van der Waals surface area contributed by atoms with Gasteiger partial charge in [-0.3, -0.25) is 4.79 Å². The molecule has 0 aromatic heterocycles. The lowest BCUT2D eigenvalue weighted by molar-refractivity contribution is -0.143. The van der Waals surface area contributed by atoms with Gasteiger partial charge in [0, 0.05) is 0 Å². The molecule has 1 aromatic rings. The summed E-state index contributed by atoms with van der Waals surface area (Å²) in [5.74, 6) is -0.836. The quantitative estimate of drug-likeness (QED) is 0.772. The summed E-state index contributed by atoms with van der Waals surface area (Å²) in [7, 11) is 0. The maximum Gasteiger partial charge on any atom is 0.326 e. The van der Waals surface area contributed by atoms with E-state index in [1.807, 2.05) is 32.0 Å². The molecule has 0 bridgehead atoms. The van der Waals surface area contributed by atoms with Crippen molar-refractivity contribution in [1.82, 2.24) is 5.32 Å². The number of aryl methyl sites for hydroxylation is 1.